The molecular formula is C20H18N4O2. The van der Waals surface area contributed by atoms with Crippen molar-refractivity contribution < 1.29 is 14.3 Å². The molecule has 0 amide bonds. The van der Waals surface area contributed by atoms with Gasteiger partial charge in [0.2, 0.25) is 0 Å². The number of fused-ring (bicyclic) bond motifs is 1. The minimum atomic E-state index is -0.684. The first-order chi connectivity index (χ1) is 12.6. The Morgan fingerprint density at radius 3 is 2.62 bits per heavy atom. The highest BCUT2D eigenvalue weighted by Crippen LogP contribution is 2.15. The molecule has 0 fully saturated rings. The molecule has 0 bridgehead atoms. The lowest BCUT2D eigenvalue weighted by Crippen LogP contribution is -2.20. The summed E-state index contributed by atoms with van der Waals surface area (Å²) in [4.78, 5) is 21.6. The van der Waals surface area contributed by atoms with Crippen molar-refractivity contribution in [3.63, 3.8) is 0 Å². The van der Waals surface area contributed by atoms with Gasteiger partial charge in [0.25, 0.3) is 0 Å². The van der Waals surface area contributed by atoms with E-state index in [1.165, 1.54) is 0 Å². The molecule has 0 unspecified atom stereocenters. The summed E-state index contributed by atoms with van der Waals surface area (Å²) in [6, 6.07) is 16.5. The Kier molecular flexibility index (Phi) is 5.06. The molecule has 26 heavy (non-hydrogen) atoms. The lowest BCUT2D eigenvalue weighted by Gasteiger charge is -2.11. The Morgan fingerprint density at radius 2 is 1.92 bits per heavy atom. The third-order valence-corrected chi connectivity index (χ3v) is 3.99. The smallest absolute Gasteiger partial charge is 0.422 e. The maximum atomic E-state index is 12.3. The highest BCUT2D eigenvalue weighted by Gasteiger charge is 2.24. The Hall–Kier alpha value is -3.50. The molecule has 0 spiro atoms. The molecule has 0 aliphatic heterocycles. The Labute approximate surface area is 151 Å². The molecule has 0 saturated heterocycles. The highest BCUT2D eigenvalue weighted by atomic mass is 16.5. The zero-order chi connectivity index (χ0) is 18.5. The van der Waals surface area contributed by atoms with Crippen molar-refractivity contribution in [2.45, 2.75) is 6.61 Å². The van der Waals surface area contributed by atoms with Crippen molar-refractivity contribution in [1.82, 2.24) is 4.98 Å². The highest BCUT2D eigenvalue weighted by molar-refractivity contribution is 6.40. The second kappa shape index (κ2) is 7.59. The van der Waals surface area contributed by atoms with E-state index >= 15 is 0 Å². The molecule has 0 saturated carbocycles. The van der Waals surface area contributed by atoms with Gasteiger partial charge in [0.1, 0.15) is 6.61 Å². The molecule has 6 heteroatoms. The molecule has 1 heterocycles. The van der Waals surface area contributed by atoms with E-state index in [-0.39, 0.29) is 12.3 Å². The normalized spacial score (nSPS) is 10.2. The second-order valence-electron chi connectivity index (χ2n) is 6.00. The monoisotopic (exact) mass is 346 g/mol. The molecule has 6 nitrogen and oxygen atoms in total. The number of anilines is 1. The number of carbonyl (C=O) groups is 1. The molecule has 2 aromatic carbocycles. The fourth-order valence-electron chi connectivity index (χ4n) is 2.57. The molecule has 0 radical (unpaired) electrons. The lowest BCUT2D eigenvalue weighted by molar-refractivity contribution is -0.141. The van der Waals surface area contributed by atoms with Crippen molar-refractivity contribution in [3.8, 4) is 0 Å². The number of nitrogens with zero attached hydrogens (tertiary/aromatic N) is 4. The largest absolute Gasteiger partial charge is 0.452 e. The zero-order valence-corrected chi connectivity index (χ0v) is 14.6. The fraction of sp³-hybridized carbons (Fsp3) is 0.150. The summed E-state index contributed by atoms with van der Waals surface area (Å²) in [5.74, 6) is -0.684. The third kappa shape index (κ3) is 3.77. The van der Waals surface area contributed by atoms with E-state index in [0.717, 1.165) is 22.2 Å². The van der Waals surface area contributed by atoms with Crippen LogP contribution in [0.25, 0.3) is 16.4 Å². The molecule has 3 aromatic rings. The van der Waals surface area contributed by atoms with Crippen LogP contribution < -0.4 is 4.90 Å². The molecular weight excluding hydrogens is 328 g/mol. The van der Waals surface area contributed by atoms with Crippen LogP contribution in [0, 0.1) is 0 Å². The Balaban J connectivity index is 1.71. The van der Waals surface area contributed by atoms with Gasteiger partial charge in [-0.05, 0) is 48.0 Å². The predicted octanol–water partition coefficient (Wildman–Crippen LogP) is 3.06. The second-order valence-corrected chi connectivity index (χ2v) is 6.00. The van der Waals surface area contributed by atoms with E-state index in [0.29, 0.717) is 5.56 Å². The Morgan fingerprint density at radius 1 is 1.15 bits per heavy atom. The van der Waals surface area contributed by atoms with Crippen LogP contribution in [0.1, 0.15) is 11.1 Å². The number of ether oxygens (including phenoxy) is 1. The summed E-state index contributed by atoms with van der Waals surface area (Å²) in [6.07, 6.45) is 1.73. The van der Waals surface area contributed by atoms with Crippen molar-refractivity contribution in [3.05, 3.63) is 77.5 Å². The van der Waals surface area contributed by atoms with Crippen LogP contribution in [0.15, 0.2) is 60.8 Å². The number of esters is 1. The maximum Gasteiger partial charge on any atom is 0.422 e. The number of hydrogen-bond donors (Lipinski definition) is 0. The van der Waals surface area contributed by atoms with Crippen LogP contribution >= 0.6 is 0 Å². The summed E-state index contributed by atoms with van der Waals surface area (Å²) in [5.41, 5.74) is 12.3. The van der Waals surface area contributed by atoms with Gasteiger partial charge in [-0.15, -0.1) is 0 Å². The average molecular weight is 346 g/mol. The number of carbonyl (C=O) groups excluding carboxylic acids is 1. The van der Waals surface area contributed by atoms with Gasteiger partial charge in [-0.1, -0.05) is 12.1 Å². The van der Waals surface area contributed by atoms with Crippen LogP contribution in [-0.2, 0) is 16.1 Å². The van der Waals surface area contributed by atoms with Crippen molar-refractivity contribution >= 4 is 28.3 Å². The maximum absolute atomic E-state index is 12.3. The van der Waals surface area contributed by atoms with Crippen molar-refractivity contribution in [1.29, 1.82) is 0 Å². The van der Waals surface area contributed by atoms with Crippen molar-refractivity contribution in [2.24, 2.45) is 0 Å². The first-order valence-corrected chi connectivity index (χ1v) is 8.09. The van der Waals surface area contributed by atoms with Crippen LogP contribution in [0.4, 0.5) is 5.69 Å². The van der Waals surface area contributed by atoms with Crippen LogP contribution in [0.3, 0.4) is 0 Å². The van der Waals surface area contributed by atoms with Gasteiger partial charge in [0, 0.05) is 31.4 Å². The van der Waals surface area contributed by atoms with Gasteiger partial charge >= 0.3 is 11.7 Å². The SMILES string of the molecule is CN(C)c1ccc(C(=[N+]=[N-])C(=O)OCc2ccc3ncccc3c2)cc1. The van der Waals surface area contributed by atoms with E-state index in [4.69, 9.17) is 4.74 Å². The van der Waals surface area contributed by atoms with E-state index < -0.39 is 5.97 Å². The van der Waals surface area contributed by atoms with Gasteiger partial charge < -0.3 is 15.2 Å². The molecule has 0 atom stereocenters. The van der Waals surface area contributed by atoms with Gasteiger partial charge in [-0.2, -0.15) is 4.79 Å². The minimum absolute atomic E-state index is 0.0818. The van der Waals surface area contributed by atoms with Crippen LogP contribution in [0.2, 0.25) is 0 Å². The summed E-state index contributed by atoms with van der Waals surface area (Å²) in [7, 11) is 3.84. The predicted molar refractivity (Wildman–Crippen MR) is 100 cm³/mol. The third-order valence-electron chi connectivity index (χ3n) is 3.99. The van der Waals surface area contributed by atoms with E-state index in [1.807, 2.05) is 61.5 Å². The van der Waals surface area contributed by atoms with E-state index in [9.17, 15) is 10.3 Å². The van der Waals surface area contributed by atoms with Gasteiger partial charge in [-0.3, -0.25) is 4.98 Å². The van der Waals surface area contributed by atoms with Gasteiger partial charge in [0.15, 0.2) is 0 Å². The summed E-state index contributed by atoms with van der Waals surface area (Å²) < 4.78 is 5.30. The van der Waals surface area contributed by atoms with E-state index in [1.54, 1.807) is 18.3 Å². The summed E-state index contributed by atoms with van der Waals surface area (Å²) in [5, 5.41) is 0.969. The summed E-state index contributed by atoms with van der Waals surface area (Å²) >= 11 is 0. The topological polar surface area (TPSA) is 78.8 Å². The number of hydrogen-bond acceptors (Lipinski definition) is 4. The van der Waals surface area contributed by atoms with Crippen molar-refractivity contribution in [2.75, 3.05) is 19.0 Å². The summed E-state index contributed by atoms with van der Waals surface area (Å²) in [6.45, 7) is 0.0818. The van der Waals surface area contributed by atoms with E-state index in [2.05, 4.69) is 9.77 Å². The molecule has 130 valence electrons. The molecule has 0 aliphatic rings. The Bertz CT molecular complexity index is 990. The first kappa shape index (κ1) is 17.3. The number of aromatic nitrogens is 1. The van der Waals surface area contributed by atoms with Crippen LogP contribution in [-0.4, -0.2) is 35.6 Å². The van der Waals surface area contributed by atoms with Gasteiger partial charge in [0.05, 0.1) is 11.1 Å². The molecule has 1 aromatic heterocycles. The zero-order valence-electron chi connectivity index (χ0n) is 14.6. The molecule has 0 N–H and O–H groups in total. The molecule has 3 rings (SSSR count). The fourth-order valence-corrected chi connectivity index (χ4v) is 2.57. The lowest BCUT2D eigenvalue weighted by atomic mass is 10.1. The number of rotatable bonds is 5. The number of pyridine rings is 1. The quantitative estimate of drug-likeness (QED) is 0.308. The average Bonchev–Trinajstić information content (AvgIpc) is 2.67. The first-order valence-electron chi connectivity index (χ1n) is 8.09. The van der Waals surface area contributed by atoms with Crippen LogP contribution in [0.5, 0.6) is 0 Å². The number of benzene rings is 2. The molecule has 0 aliphatic carbocycles. The minimum Gasteiger partial charge on any atom is -0.452 e. The standard InChI is InChI=1S/C20H18N4O2/c1-24(2)17-8-6-15(7-9-17)19(23-21)20(25)26-13-14-5-10-18-16(12-14)4-3-11-22-18/h3-12H,13H2,1-2H3. The van der Waals surface area contributed by atoms with Gasteiger partial charge in [-0.25, -0.2) is 4.79 Å².